The molecule has 0 heterocycles. The van der Waals surface area contributed by atoms with Gasteiger partial charge in [0, 0.05) is 19.8 Å². The summed E-state index contributed by atoms with van der Waals surface area (Å²) in [6.07, 6.45) is 0.261. The molecule has 144 valence electrons. The third-order valence-corrected chi connectivity index (χ3v) is 4.09. The third kappa shape index (κ3) is 6.25. The first-order chi connectivity index (χ1) is 13.4. The van der Waals surface area contributed by atoms with Gasteiger partial charge in [0.15, 0.2) is 0 Å². The van der Waals surface area contributed by atoms with Crippen LogP contribution < -0.4 is 10.6 Å². The zero-order valence-electron chi connectivity index (χ0n) is 15.4. The van der Waals surface area contributed by atoms with Gasteiger partial charge in [-0.2, -0.15) is 5.26 Å². The van der Waals surface area contributed by atoms with E-state index < -0.39 is 24.0 Å². The van der Waals surface area contributed by atoms with E-state index in [-0.39, 0.29) is 18.7 Å². The molecule has 28 heavy (non-hydrogen) atoms. The van der Waals surface area contributed by atoms with E-state index >= 15 is 0 Å². The molecule has 7 nitrogen and oxygen atoms in total. The molecule has 0 aliphatic carbocycles. The van der Waals surface area contributed by atoms with Gasteiger partial charge >= 0.3 is 5.97 Å². The van der Waals surface area contributed by atoms with Crippen LogP contribution >= 0.6 is 0 Å². The molecule has 7 heteroatoms. The Hall–Kier alpha value is -3.66. The monoisotopic (exact) mass is 379 g/mol. The lowest BCUT2D eigenvalue weighted by Crippen LogP contribution is -2.52. The Kier molecular flexibility index (Phi) is 7.28. The average Bonchev–Trinajstić information content (AvgIpc) is 2.67. The Bertz CT molecular complexity index is 890. The van der Waals surface area contributed by atoms with Gasteiger partial charge in [-0.25, -0.2) is 4.79 Å². The predicted molar refractivity (Wildman–Crippen MR) is 102 cm³/mol. The van der Waals surface area contributed by atoms with Crippen molar-refractivity contribution in [3.05, 3.63) is 71.3 Å². The van der Waals surface area contributed by atoms with E-state index in [1.165, 1.54) is 6.92 Å². The van der Waals surface area contributed by atoms with Crippen LogP contribution in [0, 0.1) is 11.3 Å². The number of nitrogens with one attached hydrogen (secondary N) is 2. The summed E-state index contributed by atoms with van der Waals surface area (Å²) in [5.74, 6) is -2.16. The maximum absolute atomic E-state index is 12.7. The summed E-state index contributed by atoms with van der Waals surface area (Å²) in [6.45, 7) is 1.30. The lowest BCUT2D eigenvalue weighted by molar-refractivity contribution is -0.142. The number of aliphatic carboxylic acids is 1. The van der Waals surface area contributed by atoms with Gasteiger partial charge in [0.2, 0.25) is 11.8 Å². The average molecular weight is 379 g/mol. The molecule has 0 saturated heterocycles. The first kappa shape index (κ1) is 20.6. The lowest BCUT2D eigenvalue weighted by atomic mass is 10.0. The van der Waals surface area contributed by atoms with Gasteiger partial charge in [-0.1, -0.05) is 42.5 Å². The molecule has 2 aromatic rings. The van der Waals surface area contributed by atoms with E-state index in [9.17, 15) is 19.5 Å². The molecule has 2 atom stereocenters. The fraction of sp³-hybridized carbons (Fsp3) is 0.238. The van der Waals surface area contributed by atoms with Gasteiger partial charge in [0.25, 0.3) is 0 Å². The quantitative estimate of drug-likeness (QED) is 0.641. The number of benzene rings is 2. The molecule has 0 aliphatic rings. The maximum Gasteiger partial charge on any atom is 0.326 e. The fourth-order valence-electron chi connectivity index (χ4n) is 2.78. The van der Waals surface area contributed by atoms with Crippen molar-refractivity contribution in [2.45, 2.75) is 31.8 Å². The number of rotatable bonds is 8. The number of amides is 2. The molecule has 0 radical (unpaired) electrons. The van der Waals surface area contributed by atoms with Crippen LogP contribution in [0.15, 0.2) is 54.6 Å². The van der Waals surface area contributed by atoms with E-state index in [0.717, 1.165) is 5.56 Å². The summed E-state index contributed by atoms with van der Waals surface area (Å²) in [4.78, 5) is 35.8. The predicted octanol–water partition coefficient (Wildman–Crippen LogP) is 1.42. The van der Waals surface area contributed by atoms with Crippen molar-refractivity contribution in [2.24, 2.45) is 0 Å². The Labute approximate surface area is 163 Å². The smallest absolute Gasteiger partial charge is 0.326 e. The number of hydrogen-bond acceptors (Lipinski definition) is 4. The minimum Gasteiger partial charge on any atom is -0.480 e. The zero-order valence-corrected chi connectivity index (χ0v) is 15.4. The molecule has 2 aromatic carbocycles. The number of hydrogen-bond donors (Lipinski definition) is 3. The third-order valence-electron chi connectivity index (χ3n) is 4.09. The minimum atomic E-state index is -1.20. The van der Waals surface area contributed by atoms with Crippen LogP contribution in [0.3, 0.4) is 0 Å². The zero-order chi connectivity index (χ0) is 20.5. The minimum absolute atomic E-state index is 0.0225. The molecule has 0 spiro atoms. The van der Waals surface area contributed by atoms with Crippen LogP contribution in [0.1, 0.15) is 23.6 Å². The topological polar surface area (TPSA) is 119 Å². The normalized spacial score (nSPS) is 12.3. The van der Waals surface area contributed by atoms with E-state index in [1.54, 1.807) is 24.3 Å². The van der Waals surface area contributed by atoms with Crippen LogP contribution in [-0.2, 0) is 27.2 Å². The highest BCUT2D eigenvalue weighted by Crippen LogP contribution is 2.09. The number of carboxylic acids is 1. The van der Waals surface area contributed by atoms with Crippen molar-refractivity contribution >= 4 is 17.8 Å². The number of nitrogens with zero attached hydrogens (tertiary/aromatic N) is 1. The van der Waals surface area contributed by atoms with Crippen molar-refractivity contribution in [1.82, 2.24) is 10.6 Å². The Balaban J connectivity index is 2.13. The molecule has 2 amide bonds. The van der Waals surface area contributed by atoms with Crippen molar-refractivity contribution in [1.29, 1.82) is 5.26 Å². The first-order valence-electron chi connectivity index (χ1n) is 8.72. The molecule has 0 saturated carbocycles. The standard InChI is InChI=1S/C21H21N3O4/c1-14(25)23-18(11-15-6-3-2-4-7-15)20(26)24-19(21(27)28)12-16-8-5-9-17(10-16)13-22/h2-10,18-19H,11-12H2,1H3,(H,23,25)(H,24,26)(H,27,28)/t18-,19+/m1/s1. The highest BCUT2D eigenvalue weighted by atomic mass is 16.4. The van der Waals surface area contributed by atoms with E-state index in [4.69, 9.17) is 5.26 Å². The van der Waals surface area contributed by atoms with Crippen LogP contribution in [-0.4, -0.2) is 35.0 Å². The second-order valence-electron chi connectivity index (χ2n) is 6.36. The first-order valence-corrected chi connectivity index (χ1v) is 8.72. The van der Waals surface area contributed by atoms with Crippen LogP contribution in [0.2, 0.25) is 0 Å². The molecular weight excluding hydrogens is 358 g/mol. The lowest BCUT2D eigenvalue weighted by Gasteiger charge is -2.21. The SMILES string of the molecule is CC(=O)N[C@H](Cc1ccccc1)C(=O)N[C@@H](Cc1cccc(C#N)c1)C(=O)O. The highest BCUT2D eigenvalue weighted by Gasteiger charge is 2.26. The number of nitriles is 1. The molecule has 0 aromatic heterocycles. The van der Waals surface area contributed by atoms with Crippen molar-refractivity contribution in [3.8, 4) is 6.07 Å². The van der Waals surface area contributed by atoms with E-state index in [0.29, 0.717) is 11.1 Å². The maximum atomic E-state index is 12.7. The van der Waals surface area contributed by atoms with Crippen molar-refractivity contribution in [2.75, 3.05) is 0 Å². The van der Waals surface area contributed by atoms with E-state index in [2.05, 4.69) is 10.6 Å². The van der Waals surface area contributed by atoms with E-state index in [1.807, 2.05) is 36.4 Å². The van der Waals surface area contributed by atoms with Gasteiger partial charge in [-0.3, -0.25) is 9.59 Å². The molecular formula is C21H21N3O4. The summed E-state index contributed by atoms with van der Waals surface area (Å²) in [7, 11) is 0. The van der Waals surface area contributed by atoms with Gasteiger partial charge in [0.05, 0.1) is 11.6 Å². The number of carboxylic acid groups (broad SMARTS) is 1. The van der Waals surface area contributed by atoms with Gasteiger partial charge in [0.1, 0.15) is 12.1 Å². The Morgan fingerprint density at radius 1 is 0.964 bits per heavy atom. The molecule has 0 fully saturated rings. The largest absolute Gasteiger partial charge is 0.480 e. The van der Waals surface area contributed by atoms with Gasteiger partial charge in [-0.05, 0) is 23.3 Å². The second kappa shape index (κ2) is 9.88. The summed E-state index contributed by atoms with van der Waals surface area (Å²) in [6, 6.07) is 15.6. The second-order valence-corrected chi connectivity index (χ2v) is 6.36. The molecule has 0 bridgehead atoms. The van der Waals surface area contributed by atoms with Crippen molar-refractivity contribution in [3.63, 3.8) is 0 Å². The molecule has 3 N–H and O–H groups in total. The summed E-state index contributed by atoms with van der Waals surface area (Å²) < 4.78 is 0. The highest BCUT2D eigenvalue weighted by molar-refractivity contribution is 5.90. The summed E-state index contributed by atoms with van der Waals surface area (Å²) in [5.41, 5.74) is 1.86. The van der Waals surface area contributed by atoms with Crippen LogP contribution in [0.25, 0.3) is 0 Å². The summed E-state index contributed by atoms with van der Waals surface area (Å²) in [5, 5.41) is 23.5. The van der Waals surface area contributed by atoms with Crippen LogP contribution in [0.5, 0.6) is 0 Å². The van der Waals surface area contributed by atoms with Crippen LogP contribution in [0.4, 0.5) is 0 Å². The van der Waals surface area contributed by atoms with Crippen molar-refractivity contribution < 1.29 is 19.5 Å². The number of carbonyl (C=O) groups excluding carboxylic acids is 2. The summed E-state index contributed by atoms with van der Waals surface area (Å²) >= 11 is 0. The fourth-order valence-corrected chi connectivity index (χ4v) is 2.78. The van der Waals surface area contributed by atoms with Gasteiger partial charge < -0.3 is 15.7 Å². The molecule has 0 unspecified atom stereocenters. The Morgan fingerprint density at radius 2 is 1.61 bits per heavy atom. The van der Waals surface area contributed by atoms with Gasteiger partial charge in [-0.15, -0.1) is 0 Å². The Morgan fingerprint density at radius 3 is 2.21 bits per heavy atom. The molecule has 0 aliphatic heterocycles. The molecule has 2 rings (SSSR count). The number of carbonyl (C=O) groups is 3.